The lowest BCUT2D eigenvalue weighted by Crippen LogP contribution is -2.37. The first kappa shape index (κ1) is 12.3. The summed E-state index contributed by atoms with van der Waals surface area (Å²) in [6.07, 6.45) is 0.999. The first-order valence-corrected chi connectivity index (χ1v) is 6.43. The van der Waals surface area contributed by atoms with E-state index in [1.54, 1.807) is 13.2 Å². The molecule has 2 amide bonds. The third-order valence-corrected chi connectivity index (χ3v) is 3.70. The van der Waals surface area contributed by atoms with Crippen molar-refractivity contribution in [3.63, 3.8) is 0 Å². The molecule has 1 aromatic rings. The Kier molecular flexibility index (Phi) is 3.34. The monoisotopic (exact) mass is 319 g/mol. The van der Waals surface area contributed by atoms with Gasteiger partial charge in [0, 0.05) is 14.0 Å². The first-order valence-electron chi connectivity index (χ1n) is 4.82. The minimum absolute atomic E-state index is 0.224. The second kappa shape index (κ2) is 4.61. The van der Waals surface area contributed by atoms with E-state index < -0.39 is 12.2 Å². The third-order valence-electron chi connectivity index (χ3n) is 2.22. The number of likely N-dealkylation sites (N-methyl/N-ethyl adjacent to an activating group) is 1. The molecule has 92 valence electrons. The Labute approximate surface area is 110 Å². The Morgan fingerprint density at radius 1 is 1.71 bits per heavy atom. The largest absolute Gasteiger partial charge is 0.439 e. The van der Waals surface area contributed by atoms with Crippen LogP contribution in [0.15, 0.2) is 9.98 Å². The topological polar surface area (TPSA) is 62.7 Å². The molecule has 17 heavy (non-hydrogen) atoms. The van der Waals surface area contributed by atoms with E-state index in [0.29, 0.717) is 11.7 Å². The van der Waals surface area contributed by atoms with Gasteiger partial charge >= 0.3 is 12.0 Å². The van der Waals surface area contributed by atoms with Crippen LogP contribution in [0.2, 0.25) is 0 Å². The van der Waals surface area contributed by atoms with E-state index in [0.717, 1.165) is 3.79 Å². The molecule has 0 N–H and O–H groups in total. The van der Waals surface area contributed by atoms with E-state index in [-0.39, 0.29) is 6.03 Å². The minimum Gasteiger partial charge on any atom is -0.439 e. The summed E-state index contributed by atoms with van der Waals surface area (Å²) in [6.45, 7) is 1.66. The molecule has 1 aromatic heterocycles. The quantitative estimate of drug-likeness (QED) is 0.778. The Morgan fingerprint density at radius 3 is 2.94 bits per heavy atom. The lowest BCUT2D eigenvalue weighted by Gasteiger charge is -2.19. The molecule has 1 atom stereocenters. The van der Waals surface area contributed by atoms with Crippen molar-refractivity contribution in [2.24, 2.45) is 0 Å². The second-order valence-electron chi connectivity index (χ2n) is 3.54. The fourth-order valence-electron chi connectivity index (χ4n) is 1.54. The van der Waals surface area contributed by atoms with E-state index in [9.17, 15) is 9.59 Å². The lowest BCUT2D eigenvalue weighted by molar-refractivity contribution is -0.145. The van der Waals surface area contributed by atoms with Gasteiger partial charge in [-0.2, -0.15) is 0 Å². The van der Waals surface area contributed by atoms with E-state index in [2.05, 4.69) is 20.9 Å². The highest BCUT2D eigenvalue weighted by Gasteiger charge is 2.39. The Morgan fingerprint density at radius 2 is 2.41 bits per heavy atom. The number of rotatable bonds is 2. The van der Waals surface area contributed by atoms with Crippen LogP contribution in [0.1, 0.15) is 6.92 Å². The third kappa shape index (κ3) is 2.42. The zero-order valence-electron chi connectivity index (χ0n) is 9.21. The van der Waals surface area contributed by atoms with Crippen LogP contribution in [0.5, 0.6) is 0 Å². The molecule has 2 heterocycles. The summed E-state index contributed by atoms with van der Waals surface area (Å²) in [5.41, 5.74) is 0. The van der Waals surface area contributed by atoms with Gasteiger partial charge < -0.3 is 9.64 Å². The zero-order valence-corrected chi connectivity index (χ0v) is 11.6. The van der Waals surface area contributed by atoms with Crippen LogP contribution in [0.3, 0.4) is 0 Å². The summed E-state index contributed by atoms with van der Waals surface area (Å²) < 4.78 is 5.92. The SMILES string of the molecule is CC(=O)OC1CN(C)C(=O)N1c1ncc(Br)s1. The number of hydrogen-bond acceptors (Lipinski definition) is 5. The molecular weight excluding hydrogens is 310 g/mol. The average Bonchev–Trinajstić information content (AvgIpc) is 2.73. The smallest absolute Gasteiger partial charge is 0.329 e. The van der Waals surface area contributed by atoms with E-state index >= 15 is 0 Å². The summed E-state index contributed by atoms with van der Waals surface area (Å²) >= 11 is 4.60. The number of urea groups is 1. The Balaban J connectivity index is 2.27. The summed E-state index contributed by atoms with van der Waals surface area (Å²) in [5.74, 6) is -0.418. The van der Waals surface area contributed by atoms with Crippen molar-refractivity contribution in [2.45, 2.75) is 13.2 Å². The zero-order chi connectivity index (χ0) is 12.6. The number of amides is 2. The molecule has 0 spiro atoms. The van der Waals surface area contributed by atoms with Crippen molar-refractivity contribution in [1.82, 2.24) is 9.88 Å². The number of nitrogens with zero attached hydrogens (tertiary/aromatic N) is 3. The molecule has 1 fully saturated rings. The van der Waals surface area contributed by atoms with Gasteiger partial charge in [-0.1, -0.05) is 11.3 Å². The number of anilines is 1. The fraction of sp³-hybridized carbons (Fsp3) is 0.444. The number of carbonyl (C=O) groups excluding carboxylic acids is 2. The second-order valence-corrected chi connectivity index (χ2v) is 5.93. The molecule has 1 saturated heterocycles. The van der Waals surface area contributed by atoms with Crippen molar-refractivity contribution >= 4 is 44.4 Å². The van der Waals surface area contributed by atoms with Crippen molar-refractivity contribution < 1.29 is 14.3 Å². The Bertz CT molecular complexity index is 464. The van der Waals surface area contributed by atoms with Crippen LogP contribution in [-0.2, 0) is 9.53 Å². The highest BCUT2D eigenvalue weighted by Crippen LogP contribution is 2.31. The van der Waals surface area contributed by atoms with Crippen molar-refractivity contribution in [3.05, 3.63) is 9.98 Å². The summed E-state index contributed by atoms with van der Waals surface area (Å²) in [7, 11) is 1.65. The highest BCUT2D eigenvalue weighted by molar-refractivity contribution is 9.11. The van der Waals surface area contributed by atoms with Crippen molar-refractivity contribution in [2.75, 3.05) is 18.5 Å². The van der Waals surface area contributed by atoms with Gasteiger partial charge in [0.25, 0.3) is 0 Å². The van der Waals surface area contributed by atoms with Crippen LogP contribution < -0.4 is 4.90 Å². The molecule has 8 heteroatoms. The van der Waals surface area contributed by atoms with Crippen molar-refractivity contribution in [3.8, 4) is 0 Å². The van der Waals surface area contributed by atoms with Crippen LogP contribution in [0.25, 0.3) is 0 Å². The summed E-state index contributed by atoms with van der Waals surface area (Å²) in [4.78, 5) is 29.9. The number of carbonyl (C=O) groups is 2. The molecule has 0 bridgehead atoms. The highest BCUT2D eigenvalue weighted by atomic mass is 79.9. The maximum Gasteiger partial charge on any atom is 0.329 e. The first-order chi connectivity index (χ1) is 7.99. The van der Waals surface area contributed by atoms with Gasteiger partial charge in [0.1, 0.15) is 0 Å². The van der Waals surface area contributed by atoms with Gasteiger partial charge in [0.05, 0.1) is 16.5 Å². The van der Waals surface area contributed by atoms with Gasteiger partial charge in [-0.05, 0) is 15.9 Å². The Hall–Kier alpha value is -1.15. The maximum absolute atomic E-state index is 11.9. The molecule has 2 rings (SSSR count). The molecule has 1 aliphatic rings. The number of aromatic nitrogens is 1. The summed E-state index contributed by atoms with van der Waals surface area (Å²) in [5, 5.41) is 0.512. The predicted octanol–water partition coefficient (Wildman–Crippen LogP) is 1.67. The average molecular weight is 320 g/mol. The van der Waals surface area contributed by atoms with Crippen LogP contribution >= 0.6 is 27.3 Å². The molecule has 0 aromatic carbocycles. The molecule has 6 nitrogen and oxygen atoms in total. The number of thiazole rings is 1. The number of esters is 1. The fourth-order valence-corrected chi connectivity index (χ4v) is 2.76. The number of halogens is 1. The minimum atomic E-state index is -0.608. The van der Waals surface area contributed by atoms with E-state index in [1.807, 2.05) is 0 Å². The lowest BCUT2D eigenvalue weighted by atomic mass is 10.5. The van der Waals surface area contributed by atoms with Gasteiger partial charge in [-0.25, -0.2) is 14.7 Å². The molecule has 0 saturated carbocycles. The van der Waals surface area contributed by atoms with E-state index in [4.69, 9.17) is 4.74 Å². The summed E-state index contributed by atoms with van der Waals surface area (Å²) in [6, 6.07) is -0.224. The number of ether oxygens (including phenoxy) is 1. The van der Waals surface area contributed by atoms with Gasteiger partial charge in [-0.3, -0.25) is 4.79 Å². The standard InChI is InChI=1S/C9H10BrN3O3S/c1-5(14)16-7-4-12(2)9(15)13(7)8-11-3-6(10)17-8/h3,7H,4H2,1-2H3. The van der Waals surface area contributed by atoms with Crippen LogP contribution in [0.4, 0.5) is 9.93 Å². The van der Waals surface area contributed by atoms with E-state index in [1.165, 1.54) is 28.1 Å². The maximum atomic E-state index is 11.9. The van der Waals surface area contributed by atoms with Gasteiger partial charge in [-0.15, -0.1) is 0 Å². The normalized spacial score (nSPS) is 19.9. The molecule has 1 aliphatic heterocycles. The molecule has 0 radical (unpaired) electrons. The van der Waals surface area contributed by atoms with Crippen molar-refractivity contribution in [1.29, 1.82) is 0 Å². The molecular formula is C9H10BrN3O3S. The predicted molar refractivity (Wildman–Crippen MR) is 65.9 cm³/mol. The number of hydrogen-bond donors (Lipinski definition) is 0. The van der Waals surface area contributed by atoms with Crippen LogP contribution in [-0.4, -0.2) is 41.7 Å². The van der Waals surface area contributed by atoms with Gasteiger partial charge in [0.15, 0.2) is 5.13 Å². The molecule has 1 unspecified atom stereocenters. The molecule has 0 aliphatic carbocycles. The van der Waals surface area contributed by atoms with Gasteiger partial charge in [0.2, 0.25) is 6.23 Å². The van der Waals surface area contributed by atoms with Crippen LogP contribution in [0, 0.1) is 0 Å².